The summed E-state index contributed by atoms with van der Waals surface area (Å²) in [6, 6.07) is 8.03. The number of hydrogen-bond donors (Lipinski definition) is 0. The smallest absolute Gasteiger partial charge is 0.268 e. The Hall–Kier alpha value is -1.01. The van der Waals surface area contributed by atoms with Crippen molar-refractivity contribution in [2.24, 2.45) is 5.92 Å². The predicted molar refractivity (Wildman–Crippen MR) is 120 cm³/mol. The Labute approximate surface area is 177 Å². The SMILES string of the molecule is C[C@@H](O[Si](C)(C)C(C)(C)C)C1C(=O)N(S(=O)(=O)c2ccccc2)C1O[Si](C)(C)C. The van der Waals surface area contributed by atoms with Gasteiger partial charge < -0.3 is 8.85 Å². The first-order chi connectivity index (χ1) is 13.0. The van der Waals surface area contributed by atoms with E-state index in [2.05, 4.69) is 33.9 Å². The molecule has 1 heterocycles. The lowest BCUT2D eigenvalue weighted by molar-refractivity contribution is -0.171. The highest BCUT2D eigenvalue weighted by atomic mass is 32.2. The van der Waals surface area contributed by atoms with Crippen LogP contribution in [-0.2, 0) is 23.7 Å². The summed E-state index contributed by atoms with van der Waals surface area (Å²) in [5, 5.41) is -0.0149. The molecule has 29 heavy (non-hydrogen) atoms. The fourth-order valence-corrected chi connectivity index (χ4v) is 7.07. The third-order valence-corrected chi connectivity index (χ3v) is 12.9. The minimum Gasteiger partial charge on any atom is -0.413 e. The number of benzene rings is 1. The number of nitrogens with zero attached hydrogens (tertiary/aromatic N) is 1. The monoisotopic (exact) mass is 457 g/mol. The quantitative estimate of drug-likeness (QED) is 0.447. The summed E-state index contributed by atoms with van der Waals surface area (Å²) in [5.74, 6) is -1.09. The van der Waals surface area contributed by atoms with E-state index in [4.69, 9.17) is 8.85 Å². The Morgan fingerprint density at radius 1 is 1.03 bits per heavy atom. The van der Waals surface area contributed by atoms with Crippen LogP contribution in [0.4, 0.5) is 0 Å². The molecule has 2 unspecified atom stereocenters. The maximum absolute atomic E-state index is 13.1. The number of β-lactam (4-membered cyclic amide) rings is 1. The molecular weight excluding hydrogens is 422 g/mol. The third-order valence-electron chi connectivity index (χ3n) is 5.61. The zero-order chi connectivity index (χ0) is 22.4. The molecule has 0 aromatic heterocycles. The van der Waals surface area contributed by atoms with E-state index in [1.807, 2.05) is 26.6 Å². The maximum Gasteiger partial charge on any atom is 0.268 e. The molecule has 3 atom stereocenters. The van der Waals surface area contributed by atoms with Gasteiger partial charge in [0.05, 0.1) is 11.0 Å². The van der Waals surface area contributed by atoms with Crippen molar-refractivity contribution in [2.75, 3.05) is 0 Å². The molecule has 1 aliphatic rings. The van der Waals surface area contributed by atoms with Crippen LogP contribution in [0.25, 0.3) is 0 Å². The van der Waals surface area contributed by atoms with Crippen LogP contribution in [0.1, 0.15) is 27.7 Å². The van der Waals surface area contributed by atoms with Crippen LogP contribution >= 0.6 is 0 Å². The van der Waals surface area contributed by atoms with E-state index >= 15 is 0 Å². The zero-order valence-electron chi connectivity index (χ0n) is 19.0. The van der Waals surface area contributed by atoms with Crippen molar-refractivity contribution < 1.29 is 22.1 Å². The van der Waals surface area contributed by atoms with Crippen LogP contribution < -0.4 is 0 Å². The molecule has 1 aromatic rings. The minimum absolute atomic E-state index is 0.0149. The van der Waals surface area contributed by atoms with E-state index in [9.17, 15) is 13.2 Å². The second kappa shape index (κ2) is 7.92. The van der Waals surface area contributed by atoms with Crippen LogP contribution in [-0.4, -0.2) is 47.6 Å². The van der Waals surface area contributed by atoms with Crippen molar-refractivity contribution in [3.8, 4) is 0 Å². The van der Waals surface area contributed by atoms with Crippen LogP contribution in [0.2, 0.25) is 37.8 Å². The number of sulfonamides is 1. The van der Waals surface area contributed by atoms with Gasteiger partial charge in [0.1, 0.15) is 5.92 Å². The summed E-state index contributed by atoms with van der Waals surface area (Å²) in [6.07, 6.45) is -1.26. The van der Waals surface area contributed by atoms with Crippen molar-refractivity contribution in [2.45, 2.75) is 82.7 Å². The van der Waals surface area contributed by atoms with Gasteiger partial charge in [-0.2, -0.15) is 0 Å². The maximum atomic E-state index is 13.1. The Morgan fingerprint density at radius 3 is 2.00 bits per heavy atom. The van der Waals surface area contributed by atoms with Crippen molar-refractivity contribution in [1.29, 1.82) is 0 Å². The Bertz CT molecular complexity index is 844. The van der Waals surface area contributed by atoms with E-state index < -0.39 is 50.8 Å². The Balaban J connectivity index is 2.36. The summed E-state index contributed by atoms with van der Waals surface area (Å²) >= 11 is 0. The van der Waals surface area contributed by atoms with Gasteiger partial charge >= 0.3 is 0 Å². The molecule has 9 heteroatoms. The molecule has 1 aromatic carbocycles. The topological polar surface area (TPSA) is 72.9 Å². The lowest BCUT2D eigenvalue weighted by Gasteiger charge is -2.51. The highest BCUT2D eigenvalue weighted by molar-refractivity contribution is 7.89. The number of amides is 1. The fourth-order valence-electron chi connectivity index (χ4n) is 3.05. The van der Waals surface area contributed by atoms with E-state index in [1.165, 1.54) is 12.1 Å². The molecule has 1 amide bonds. The molecule has 0 aliphatic carbocycles. The van der Waals surface area contributed by atoms with Crippen LogP contribution in [0.3, 0.4) is 0 Å². The lowest BCUT2D eigenvalue weighted by Crippen LogP contribution is -2.69. The highest BCUT2D eigenvalue weighted by Gasteiger charge is 2.59. The summed E-state index contributed by atoms with van der Waals surface area (Å²) < 4.78 is 39.8. The summed E-state index contributed by atoms with van der Waals surface area (Å²) in [6.45, 7) is 18.5. The van der Waals surface area contributed by atoms with Crippen molar-refractivity contribution in [1.82, 2.24) is 4.31 Å². The van der Waals surface area contributed by atoms with Gasteiger partial charge in [-0.15, -0.1) is 0 Å². The van der Waals surface area contributed by atoms with E-state index in [0.717, 1.165) is 4.31 Å². The van der Waals surface area contributed by atoms with Gasteiger partial charge in [-0.1, -0.05) is 39.0 Å². The van der Waals surface area contributed by atoms with Gasteiger partial charge in [-0.05, 0) is 56.8 Å². The first kappa shape index (κ1) is 24.3. The molecule has 0 N–H and O–H groups in total. The predicted octanol–water partition coefficient (Wildman–Crippen LogP) is 4.42. The van der Waals surface area contributed by atoms with Gasteiger partial charge in [0, 0.05) is 0 Å². The molecule has 0 saturated carbocycles. The van der Waals surface area contributed by atoms with Gasteiger partial charge in [0.2, 0.25) is 5.91 Å². The Kier molecular flexibility index (Phi) is 6.63. The second-order valence-electron chi connectivity index (χ2n) is 10.2. The summed E-state index contributed by atoms with van der Waals surface area (Å²) in [7, 11) is -8.23. The molecule has 1 aliphatic heterocycles. The van der Waals surface area contributed by atoms with E-state index in [1.54, 1.807) is 18.2 Å². The molecular formula is C20H35NO5SSi2. The first-order valence-electron chi connectivity index (χ1n) is 9.98. The van der Waals surface area contributed by atoms with Gasteiger partial charge in [-0.25, -0.2) is 12.7 Å². The van der Waals surface area contributed by atoms with Crippen molar-refractivity contribution in [3.05, 3.63) is 30.3 Å². The molecule has 164 valence electrons. The Morgan fingerprint density at radius 2 is 1.55 bits per heavy atom. The van der Waals surface area contributed by atoms with Crippen LogP contribution in [0, 0.1) is 5.92 Å². The fraction of sp³-hybridized carbons (Fsp3) is 0.650. The summed E-state index contributed by atoms with van der Waals surface area (Å²) in [4.78, 5) is 13.2. The van der Waals surface area contributed by atoms with Crippen molar-refractivity contribution in [3.63, 3.8) is 0 Å². The van der Waals surface area contributed by atoms with Crippen LogP contribution in [0.5, 0.6) is 0 Å². The number of carbonyl (C=O) groups excluding carboxylic acids is 1. The zero-order valence-corrected chi connectivity index (χ0v) is 21.8. The standard InChI is InChI=1S/C20H35NO5SSi2/c1-15(25-29(8,9)20(2,3)4)17-18(22)21(19(17)26-28(5,6)7)27(23,24)16-13-11-10-12-14-16/h10-15,17,19H,1-9H3/t15-,17?,19?/m1/s1. The second-order valence-corrected chi connectivity index (χ2v) is 21.2. The number of rotatable bonds is 7. The van der Waals surface area contributed by atoms with E-state index in [-0.39, 0.29) is 9.93 Å². The van der Waals surface area contributed by atoms with Crippen molar-refractivity contribution >= 4 is 32.6 Å². The van der Waals surface area contributed by atoms with E-state index in [0.29, 0.717) is 0 Å². The number of carbonyl (C=O) groups is 1. The average Bonchev–Trinajstić information content (AvgIpc) is 2.52. The lowest BCUT2D eigenvalue weighted by atomic mass is 9.94. The molecule has 0 spiro atoms. The molecule has 6 nitrogen and oxygen atoms in total. The minimum atomic E-state index is -3.97. The molecule has 2 rings (SSSR count). The third kappa shape index (κ3) is 5.01. The van der Waals surface area contributed by atoms with Crippen LogP contribution in [0.15, 0.2) is 35.2 Å². The van der Waals surface area contributed by atoms with Gasteiger partial charge in [0.15, 0.2) is 22.9 Å². The first-order valence-corrected chi connectivity index (χ1v) is 17.7. The molecule has 1 saturated heterocycles. The number of hydrogen-bond acceptors (Lipinski definition) is 5. The average molecular weight is 458 g/mol. The molecule has 0 radical (unpaired) electrons. The van der Waals surface area contributed by atoms with Gasteiger partial charge in [-0.3, -0.25) is 4.79 Å². The largest absolute Gasteiger partial charge is 0.413 e. The highest BCUT2D eigenvalue weighted by Crippen LogP contribution is 2.42. The van der Waals surface area contributed by atoms with Gasteiger partial charge in [0.25, 0.3) is 10.0 Å². The molecule has 1 fully saturated rings. The summed E-state index contributed by atoms with van der Waals surface area (Å²) in [5.41, 5.74) is 0. The normalized spacial score (nSPS) is 22.4. The molecule has 0 bridgehead atoms.